The lowest BCUT2D eigenvalue weighted by molar-refractivity contribution is 0.0981. The lowest BCUT2D eigenvalue weighted by Gasteiger charge is -2.21. The molecule has 0 radical (unpaired) electrons. The Bertz CT molecular complexity index is 554. The molecule has 3 atom stereocenters. The molecule has 0 unspecified atom stereocenters. The number of nitrogens with zero attached hydrogens (tertiary/aromatic N) is 1. The van der Waals surface area contributed by atoms with Crippen LogP contribution in [0.2, 0.25) is 0 Å². The van der Waals surface area contributed by atoms with Gasteiger partial charge >= 0.3 is 6.03 Å². The second-order valence-corrected chi connectivity index (χ2v) is 6.37. The molecule has 2 aliphatic rings. The van der Waals surface area contributed by atoms with Crippen LogP contribution in [0.5, 0.6) is 0 Å². The minimum Gasteiger partial charge on any atom is -0.374 e. The van der Waals surface area contributed by atoms with E-state index in [0.29, 0.717) is 12.6 Å². The van der Waals surface area contributed by atoms with Gasteiger partial charge < -0.3 is 20.3 Å². The maximum absolute atomic E-state index is 13.2. The van der Waals surface area contributed by atoms with Gasteiger partial charge in [-0.2, -0.15) is 0 Å². The Labute approximate surface area is 136 Å². The summed E-state index contributed by atoms with van der Waals surface area (Å²) in [5, 5.41) is 5.88. The molecule has 2 amide bonds. The molecule has 2 heterocycles. The first-order valence-electron chi connectivity index (χ1n) is 8.28. The third-order valence-corrected chi connectivity index (χ3v) is 4.63. The van der Waals surface area contributed by atoms with Crippen molar-refractivity contribution < 1.29 is 13.9 Å². The van der Waals surface area contributed by atoms with Gasteiger partial charge in [-0.1, -0.05) is 6.07 Å². The zero-order valence-electron chi connectivity index (χ0n) is 13.4. The fourth-order valence-corrected chi connectivity index (χ4v) is 3.37. The molecule has 2 saturated heterocycles. The van der Waals surface area contributed by atoms with Crippen LogP contribution < -0.4 is 15.5 Å². The van der Waals surface area contributed by atoms with Gasteiger partial charge in [0.05, 0.1) is 18.2 Å². The van der Waals surface area contributed by atoms with Gasteiger partial charge in [0, 0.05) is 25.8 Å². The van der Waals surface area contributed by atoms with Crippen molar-refractivity contribution in [2.45, 2.75) is 43.9 Å². The number of carbonyl (C=O) groups is 1. The van der Waals surface area contributed by atoms with Gasteiger partial charge in [-0.25, -0.2) is 9.18 Å². The van der Waals surface area contributed by atoms with Gasteiger partial charge in [0.2, 0.25) is 0 Å². The number of fused-ring (bicyclic) bond motifs is 2. The fourth-order valence-electron chi connectivity index (χ4n) is 3.37. The van der Waals surface area contributed by atoms with Gasteiger partial charge in [-0.3, -0.25) is 0 Å². The molecule has 1 aromatic rings. The molecule has 0 saturated carbocycles. The largest absolute Gasteiger partial charge is 0.374 e. The zero-order valence-corrected chi connectivity index (χ0v) is 13.4. The number of amides is 2. The summed E-state index contributed by atoms with van der Waals surface area (Å²) in [4.78, 5) is 13.9. The number of ether oxygens (including phenoxy) is 1. The van der Waals surface area contributed by atoms with Crippen LogP contribution in [0.25, 0.3) is 0 Å². The summed E-state index contributed by atoms with van der Waals surface area (Å²) < 4.78 is 18.9. The third-order valence-electron chi connectivity index (χ3n) is 4.63. The standard InChI is InChI=1S/C17H24FN3O2/c1-21(13-5-2-4-12(18)10-13)9-3-8-19-17(22)20-15-11-14-6-7-16(15)23-14/h2,4-5,10,14-16H,3,6-9,11H2,1H3,(H2,19,20,22)/t14-,15-,16-/m1/s1. The van der Waals surface area contributed by atoms with E-state index in [1.807, 2.05) is 18.0 Å². The van der Waals surface area contributed by atoms with E-state index in [0.717, 1.165) is 37.9 Å². The number of nitrogens with one attached hydrogen (secondary N) is 2. The average Bonchev–Trinajstić information content (AvgIpc) is 3.14. The van der Waals surface area contributed by atoms with Gasteiger partial charge in [0.25, 0.3) is 0 Å². The van der Waals surface area contributed by atoms with Crippen LogP contribution >= 0.6 is 0 Å². The van der Waals surface area contributed by atoms with Crippen LogP contribution in [0.4, 0.5) is 14.9 Å². The Morgan fingerprint density at radius 2 is 2.30 bits per heavy atom. The number of benzene rings is 1. The van der Waals surface area contributed by atoms with E-state index >= 15 is 0 Å². The molecule has 6 heteroatoms. The van der Waals surface area contributed by atoms with E-state index in [1.165, 1.54) is 12.1 Å². The third kappa shape index (κ3) is 4.13. The Balaban J connectivity index is 1.32. The first-order chi connectivity index (χ1) is 11.1. The number of carbonyl (C=O) groups excluding carboxylic acids is 1. The minimum absolute atomic E-state index is 0.125. The maximum atomic E-state index is 13.2. The van der Waals surface area contributed by atoms with Gasteiger partial charge in [0.15, 0.2) is 0 Å². The second-order valence-electron chi connectivity index (χ2n) is 6.37. The van der Waals surface area contributed by atoms with E-state index < -0.39 is 0 Å². The molecule has 23 heavy (non-hydrogen) atoms. The van der Waals surface area contributed by atoms with Crippen LogP contribution in [0.1, 0.15) is 25.7 Å². The van der Waals surface area contributed by atoms with Crippen LogP contribution in [0.15, 0.2) is 24.3 Å². The Hall–Kier alpha value is -1.82. The molecule has 0 aliphatic carbocycles. The number of urea groups is 1. The summed E-state index contributed by atoms with van der Waals surface area (Å²) in [6.45, 7) is 1.34. The highest BCUT2D eigenvalue weighted by Crippen LogP contribution is 2.34. The summed E-state index contributed by atoms with van der Waals surface area (Å²) in [7, 11) is 1.92. The number of rotatable bonds is 6. The Kier molecular flexibility index (Phi) is 5.00. The van der Waals surface area contributed by atoms with Gasteiger partial charge in [-0.05, 0) is 43.9 Å². The van der Waals surface area contributed by atoms with Crippen molar-refractivity contribution in [2.75, 3.05) is 25.0 Å². The normalized spacial score (nSPS) is 25.4. The second kappa shape index (κ2) is 7.17. The summed E-state index contributed by atoms with van der Waals surface area (Å²) in [5.74, 6) is -0.236. The van der Waals surface area contributed by atoms with E-state index in [9.17, 15) is 9.18 Å². The van der Waals surface area contributed by atoms with Gasteiger partial charge in [-0.15, -0.1) is 0 Å². The topological polar surface area (TPSA) is 53.6 Å². The zero-order chi connectivity index (χ0) is 16.2. The van der Waals surface area contributed by atoms with Crippen LogP contribution in [-0.2, 0) is 4.74 Å². The van der Waals surface area contributed by atoms with Gasteiger partial charge in [0.1, 0.15) is 5.82 Å². The smallest absolute Gasteiger partial charge is 0.315 e. The molecule has 126 valence electrons. The molecule has 0 spiro atoms. The first-order valence-corrected chi connectivity index (χ1v) is 8.28. The summed E-state index contributed by atoms with van der Waals surface area (Å²) in [6, 6.07) is 6.55. The number of halogens is 1. The monoisotopic (exact) mass is 321 g/mol. The highest BCUT2D eigenvalue weighted by Gasteiger charge is 2.41. The minimum atomic E-state index is -0.236. The first kappa shape index (κ1) is 16.1. The molecule has 2 bridgehead atoms. The molecule has 2 aliphatic heterocycles. The van der Waals surface area contributed by atoms with Crippen LogP contribution in [0.3, 0.4) is 0 Å². The molecule has 3 rings (SSSR count). The predicted octanol–water partition coefficient (Wildman–Crippen LogP) is 2.27. The molecular formula is C17H24FN3O2. The average molecular weight is 321 g/mol. The van der Waals surface area contributed by atoms with Crippen molar-refractivity contribution in [1.29, 1.82) is 0 Å². The molecule has 5 nitrogen and oxygen atoms in total. The van der Waals surface area contributed by atoms with Crippen molar-refractivity contribution in [3.8, 4) is 0 Å². The Morgan fingerprint density at radius 1 is 1.43 bits per heavy atom. The molecule has 0 aromatic heterocycles. The van der Waals surface area contributed by atoms with Crippen LogP contribution in [-0.4, -0.2) is 44.4 Å². The van der Waals surface area contributed by atoms with E-state index in [-0.39, 0.29) is 24.0 Å². The van der Waals surface area contributed by atoms with E-state index in [1.54, 1.807) is 6.07 Å². The highest BCUT2D eigenvalue weighted by atomic mass is 19.1. The molecule has 2 N–H and O–H groups in total. The molecule has 1 aromatic carbocycles. The summed E-state index contributed by atoms with van der Waals surface area (Å²) >= 11 is 0. The van der Waals surface area contributed by atoms with Crippen LogP contribution in [0, 0.1) is 5.82 Å². The van der Waals surface area contributed by atoms with E-state index in [4.69, 9.17) is 4.74 Å². The number of hydrogen-bond acceptors (Lipinski definition) is 3. The summed E-state index contributed by atoms with van der Waals surface area (Å²) in [6.07, 6.45) is 4.44. The summed E-state index contributed by atoms with van der Waals surface area (Å²) in [5.41, 5.74) is 0.841. The molecular weight excluding hydrogens is 297 g/mol. The van der Waals surface area contributed by atoms with Crippen molar-refractivity contribution >= 4 is 11.7 Å². The quantitative estimate of drug-likeness (QED) is 0.790. The van der Waals surface area contributed by atoms with Crippen molar-refractivity contribution in [2.24, 2.45) is 0 Å². The Morgan fingerprint density at radius 3 is 3.00 bits per heavy atom. The highest BCUT2D eigenvalue weighted by molar-refractivity contribution is 5.74. The van der Waals surface area contributed by atoms with Crippen molar-refractivity contribution in [1.82, 2.24) is 10.6 Å². The fraction of sp³-hybridized carbons (Fsp3) is 0.588. The number of hydrogen-bond donors (Lipinski definition) is 2. The number of anilines is 1. The van der Waals surface area contributed by atoms with Crippen molar-refractivity contribution in [3.63, 3.8) is 0 Å². The lowest BCUT2D eigenvalue weighted by Crippen LogP contribution is -2.46. The molecule has 2 fully saturated rings. The van der Waals surface area contributed by atoms with E-state index in [2.05, 4.69) is 10.6 Å². The maximum Gasteiger partial charge on any atom is 0.315 e. The predicted molar refractivity (Wildman–Crippen MR) is 87.1 cm³/mol. The lowest BCUT2D eigenvalue weighted by atomic mass is 9.96. The van der Waals surface area contributed by atoms with Crippen molar-refractivity contribution in [3.05, 3.63) is 30.1 Å². The SMILES string of the molecule is CN(CCCNC(=O)N[C@@H]1C[C@H]2CC[C@H]1O2)c1cccc(F)c1.